The van der Waals surface area contributed by atoms with Gasteiger partial charge in [0.2, 0.25) is 11.1 Å². The Morgan fingerprint density at radius 2 is 1.83 bits per heavy atom. The highest BCUT2D eigenvalue weighted by atomic mass is 35.5. The molecule has 0 fully saturated rings. The Labute approximate surface area is 152 Å². The largest absolute Gasteiger partial charge is 0.453 e. The number of halogens is 6. The molecule has 3 N–H and O–H groups in total. The highest BCUT2D eigenvalue weighted by molar-refractivity contribution is 7.99. The molecule has 0 unspecified atom stereocenters. The van der Waals surface area contributed by atoms with Crippen LogP contribution in [-0.4, -0.2) is 26.5 Å². The molecule has 0 bridgehead atoms. The van der Waals surface area contributed by atoms with Crippen LogP contribution in [0.25, 0.3) is 0 Å². The number of nitrogen functional groups attached to an aromatic ring is 1. The smallest absolute Gasteiger partial charge is 0.335 e. The molecule has 0 atom stereocenters. The minimum Gasteiger partial charge on any atom is -0.335 e. The summed E-state index contributed by atoms with van der Waals surface area (Å²) in [7, 11) is 0. The van der Waals surface area contributed by atoms with Gasteiger partial charge in [-0.3, -0.25) is 4.79 Å². The van der Waals surface area contributed by atoms with Gasteiger partial charge >= 0.3 is 6.18 Å². The molecule has 0 spiro atoms. The third-order valence-electron chi connectivity index (χ3n) is 2.52. The standard InChI is InChI=1S/C11H7Cl3F3N5OS/c12-4-1-5(13)8(6(14)2-4)19-7(23)3-24-10-21-20-9(22(10)18)11(15,16)17/h1-2H,3,18H2,(H,19,23). The van der Waals surface area contributed by atoms with Crippen molar-refractivity contribution in [2.75, 3.05) is 16.9 Å². The van der Waals surface area contributed by atoms with Gasteiger partial charge in [0.1, 0.15) is 0 Å². The van der Waals surface area contributed by atoms with E-state index in [9.17, 15) is 18.0 Å². The van der Waals surface area contributed by atoms with Crippen molar-refractivity contribution in [1.29, 1.82) is 0 Å². The number of nitrogens with two attached hydrogens (primary N) is 1. The molecule has 0 aliphatic carbocycles. The number of alkyl halides is 3. The molecule has 1 amide bonds. The van der Waals surface area contributed by atoms with Gasteiger partial charge < -0.3 is 11.2 Å². The van der Waals surface area contributed by atoms with Crippen LogP contribution in [0.5, 0.6) is 0 Å². The second kappa shape index (κ2) is 7.26. The van der Waals surface area contributed by atoms with E-state index in [0.29, 0.717) is 11.8 Å². The number of hydrogen-bond donors (Lipinski definition) is 2. The van der Waals surface area contributed by atoms with Crippen molar-refractivity contribution in [1.82, 2.24) is 14.9 Å². The van der Waals surface area contributed by atoms with Crippen molar-refractivity contribution < 1.29 is 18.0 Å². The molecule has 1 aromatic carbocycles. The number of thioether (sulfide) groups is 1. The van der Waals surface area contributed by atoms with E-state index in [4.69, 9.17) is 40.6 Å². The first-order valence-electron chi connectivity index (χ1n) is 5.94. The monoisotopic (exact) mass is 419 g/mol. The van der Waals surface area contributed by atoms with E-state index >= 15 is 0 Å². The molecule has 0 aliphatic heterocycles. The fraction of sp³-hybridized carbons (Fsp3) is 0.182. The number of carbonyl (C=O) groups is 1. The summed E-state index contributed by atoms with van der Waals surface area (Å²) in [5.41, 5.74) is 0.138. The van der Waals surface area contributed by atoms with Crippen molar-refractivity contribution in [3.8, 4) is 0 Å². The molecule has 0 saturated heterocycles. The van der Waals surface area contributed by atoms with Crippen LogP contribution in [0.3, 0.4) is 0 Å². The molecule has 2 aromatic rings. The van der Waals surface area contributed by atoms with Crippen molar-refractivity contribution >= 4 is 58.2 Å². The molecular formula is C11H7Cl3F3N5OS. The minimum absolute atomic E-state index is 0.118. The van der Waals surface area contributed by atoms with Gasteiger partial charge in [0.05, 0.1) is 21.5 Å². The Kier molecular flexibility index (Phi) is 5.74. The van der Waals surface area contributed by atoms with Gasteiger partial charge in [-0.05, 0) is 12.1 Å². The molecule has 1 heterocycles. The van der Waals surface area contributed by atoms with E-state index in [2.05, 4.69) is 15.5 Å². The molecule has 1 aromatic heterocycles. The van der Waals surface area contributed by atoms with Crippen LogP contribution in [0.2, 0.25) is 15.1 Å². The first kappa shape index (κ1) is 19.0. The minimum atomic E-state index is -4.74. The van der Waals surface area contributed by atoms with Gasteiger partial charge in [-0.1, -0.05) is 46.6 Å². The average molecular weight is 421 g/mol. The summed E-state index contributed by atoms with van der Waals surface area (Å²) in [5, 5.41) is 8.91. The second-order valence-corrected chi connectivity index (χ2v) is 6.45. The second-order valence-electron chi connectivity index (χ2n) is 4.26. The Morgan fingerprint density at radius 1 is 1.25 bits per heavy atom. The summed E-state index contributed by atoms with van der Waals surface area (Å²) in [6.45, 7) is 0. The van der Waals surface area contributed by atoms with Crippen molar-refractivity contribution in [3.05, 3.63) is 33.0 Å². The summed E-state index contributed by atoms with van der Waals surface area (Å²) < 4.78 is 37.9. The zero-order valence-electron chi connectivity index (χ0n) is 11.4. The maximum absolute atomic E-state index is 12.5. The molecule has 2 rings (SSSR count). The van der Waals surface area contributed by atoms with E-state index in [1.807, 2.05) is 0 Å². The number of nitrogens with one attached hydrogen (secondary N) is 1. The number of hydrogen-bond acceptors (Lipinski definition) is 5. The molecule has 13 heteroatoms. The predicted molar refractivity (Wildman–Crippen MR) is 86.0 cm³/mol. The van der Waals surface area contributed by atoms with E-state index < -0.39 is 17.9 Å². The number of carbonyl (C=O) groups excluding carboxylic acids is 1. The Hall–Kier alpha value is -1.36. The third-order valence-corrected chi connectivity index (χ3v) is 4.28. The van der Waals surface area contributed by atoms with Gasteiger partial charge in [0, 0.05) is 5.02 Å². The molecule has 6 nitrogen and oxygen atoms in total. The molecule has 24 heavy (non-hydrogen) atoms. The van der Waals surface area contributed by atoms with Crippen LogP contribution in [0.15, 0.2) is 17.3 Å². The Bertz CT molecular complexity index is 760. The molecule has 0 aliphatic rings. The van der Waals surface area contributed by atoms with E-state index in [1.54, 1.807) is 0 Å². The molecule has 0 saturated carbocycles. The highest BCUT2D eigenvalue weighted by Crippen LogP contribution is 2.34. The fourth-order valence-electron chi connectivity index (χ4n) is 1.54. The number of benzene rings is 1. The summed E-state index contributed by atoms with van der Waals surface area (Å²) in [5.74, 6) is 3.02. The van der Waals surface area contributed by atoms with Crippen LogP contribution in [0.1, 0.15) is 5.82 Å². The van der Waals surface area contributed by atoms with E-state index in [0.717, 1.165) is 0 Å². The van der Waals surface area contributed by atoms with Gasteiger partial charge in [-0.2, -0.15) is 13.2 Å². The zero-order valence-corrected chi connectivity index (χ0v) is 14.4. The van der Waals surface area contributed by atoms with Crippen LogP contribution >= 0.6 is 46.6 Å². The highest BCUT2D eigenvalue weighted by Gasteiger charge is 2.38. The van der Waals surface area contributed by atoms with Gasteiger partial charge in [-0.15, -0.1) is 10.2 Å². The lowest BCUT2D eigenvalue weighted by molar-refractivity contribution is -0.146. The zero-order chi connectivity index (χ0) is 18.1. The lowest BCUT2D eigenvalue weighted by Gasteiger charge is -2.10. The van der Waals surface area contributed by atoms with Crippen LogP contribution in [-0.2, 0) is 11.0 Å². The first-order valence-corrected chi connectivity index (χ1v) is 8.06. The molecule has 130 valence electrons. The Morgan fingerprint density at radius 3 is 2.33 bits per heavy atom. The van der Waals surface area contributed by atoms with Gasteiger partial charge in [0.15, 0.2) is 0 Å². The lowest BCUT2D eigenvalue weighted by Crippen LogP contribution is -2.22. The summed E-state index contributed by atoms with van der Waals surface area (Å²) in [6, 6.07) is 2.76. The quantitative estimate of drug-likeness (QED) is 0.582. The average Bonchev–Trinajstić information content (AvgIpc) is 2.81. The maximum atomic E-state index is 12.5. The van der Waals surface area contributed by atoms with E-state index in [-0.39, 0.29) is 36.3 Å². The number of rotatable bonds is 4. The van der Waals surface area contributed by atoms with Crippen LogP contribution < -0.4 is 11.2 Å². The lowest BCUT2D eigenvalue weighted by atomic mass is 10.3. The maximum Gasteiger partial charge on any atom is 0.453 e. The number of aromatic nitrogens is 3. The molecule has 0 radical (unpaired) electrons. The fourth-order valence-corrected chi connectivity index (χ4v) is 3.10. The number of anilines is 1. The predicted octanol–water partition coefficient (Wildman–Crippen LogP) is 3.70. The topological polar surface area (TPSA) is 85.8 Å². The summed E-state index contributed by atoms with van der Waals surface area (Å²) in [6.07, 6.45) is -4.74. The van der Waals surface area contributed by atoms with E-state index in [1.165, 1.54) is 12.1 Å². The van der Waals surface area contributed by atoms with Crippen LogP contribution in [0, 0.1) is 0 Å². The van der Waals surface area contributed by atoms with Crippen molar-refractivity contribution in [2.45, 2.75) is 11.3 Å². The first-order chi connectivity index (χ1) is 11.1. The third kappa shape index (κ3) is 4.38. The van der Waals surface area contributed by atoms with Crippen LogP contribution in [0.4, 0.5) is 18.9 Å². The van der Waals surface area contributed by atoms with Gasteiger partial charge in [-0.25, -0.2) is 4.68 Å². The number of amides is 1. The number of nitrogens with zero attached hydrogens (tertiary/aromatic N) is 3. The summed E-state index contributed by atoms with van der Waals surface area (Å²) >= 11 is 18.2. The SMILES string of the molecule is Nn1c(SCC(=O)Nc2c(Cl)cc(Cl)cc2Cl)nnc1C(F)(F)F. The summed E-state index contributed by atoms with van der Waals surface area (Å²) in [4.78, 5) is 11.9. The Balaban J connectivity index is 2.04. The van der Waals surface area contributed by atoms with Gasteiger partial charge in [0.25, 0.3) is 5.82 Å². The molecular weight excluding hydrogens is 414 g/mol. The van der Waals surface area contributed by atoms with Crippen molar-refractivity contribution in [2.24, 2.45) is 0 Å². The van der Waals surface area contributed by atoms with Crippen molar-refractivity contribution in [3.63, 3.8) is 0 Å². The normalized spacial score (nSPS) is 11.6.